The zero-order chi connectivity index (χ0) is 15.7. The van der Waals surface area contributed by atoms with Gasteiger partial charge in [0, 0.05) is 17.0 Å². The molecule has 3 aromatic rings. The largest absolute Gasteiger partial charge is 0.493 e. The van der Waals surface area contributed by atoms with Gasteiger partial charge in [0.2, 0.25) is 0 Å². The summed E-state index contributed by atoms with van der Waals surface area (Å²) in [6, 6.07) is 11.6. The van der Waals surface area contributed by atoms with Crippen LogP contribution in [0.1, 0.15) is 5.56 Å². The number of nitrogen functional groups attached to an aromatic ring is 1. The summed E-state index contributed by atoms with van der Waals surface area (Å²) in [5.41, 5.74) is 8.92. The number of benzene rings is 2. The van der Waals surface area contributed by atoms with Crippen molar-refractivity contribution in [3.05, 3.63) is 42.0 Å². The van der Waals surface area contributed by atoms with Gasteiger partial charge in [-0.1, -0.05) is 29.8 Å². The first-order chi connectivity index (χ1) is 10.6. The van der Waals surface area contributed by atoms with E-state index in [-0.39, 0.29) is 0 Å². The van der Waals surface area contributed by atoms with Crippen molar-refractivity contribution in [1.29, 1.82) is 0 Å². The number of nitrogens with zero attached hydrogens (tertiary/aromatic N) is 2. The van der Waals surface area contributed by atoms with E-state index in [1.807, 2.05) is 37.3 Å². The van der Waals surface area contributed by atoms with Crippen molar-refractivity contribution >= 4 is 16.7 Å². The SMILES string of the molecule is COc1cc2nc(-c3ccc(C)cc3)nc(N)c2cc1OC. The summed E-state index contributed by atoms with van der Waals surface area (Å²) >= 11 is 0. The number of methoxy groups -OCH3 is 2. The van der Waals surface area contributed by atoms with Crippen molar-refractivity contribution in [2.24, 2.45) is 0 Å². The van der Waals surface area contributed by atoms with Gasteiger partial charge >= 0.3 is 0 Å². The highest BCUT2D eigenvalue weighted by atomic mass is 16.5. The first-order valence-corrected chi connectivity index (χ1v) is 6.88. The molecular weight excluding hydrogens is 278 g/mol. The Morgan fingerprint density at radius 3 is 2.18 bits per heavy atom. The summed E-state index contributed by atoms with van der Waals surface area (Å²) < 4.78 is 10.6. The van der Waals surface area contributed by atoms with Gasteiger partial charge in [0.15, 0.2) is 17.3 Å². The molecule has 0 aliphatic rings. The number of hydrogen-bond donors (Lipinski definition) is 1. The maximum atomic E-state index is 6.09. The Morgan fingerprint density at radius 2 is 1.55 bits per heavy atom. The van der Waals surface area contributed by atoms with Crippen LogP contribution in [0.4, 0.5) is 5.82 Å². The highest BCUT2D eigenvalue weighted by Crippen LogP contribution is 2.34. The van der Waals surface area contributed by atoms with Gasteiger partial charge in [-0.15, -0.1) is 0 Å². The molecule has 1 heterocycles. The minimum absolute atomic E-state index is 0.418. The normalized spacial score (nSPS) is 10.7. The lowest BCUT2D eigenvalue weighted by Gasteiger charge is -2.11. The second-order valence-corrected chi connectivity index (χ2v) is 5.02. The lowest BCUT2D eigenvalue weighted by Crippen LogP contribution is -1.99. The number of fused-ring (bicyclic) bond motifs is 1. The van der Waals surface area contributed by atoms with Crippen LogP contribution in [0.5, 0.6) is 11.5 Å². The number of hydrogen-bond acceptors (Lipinski definition) is 5. The van der Waals surface area contributed by atoms with Crippen LogP contribution in [0.25, 0.3) is 22.3 Å². The standard InChI is InChI=1S/C17H17N3O2/c1-10-4-6-11(7-5-10)17-19-13-9-15(22-3)14(21-2)8-12(13)16(18)20-17/h4-9H,1-3H3,(H2,18,19,20). The fourth-order valence-electron chi connectivity index (χ4n) is 2.31. The summed E-state index contributed by atoms with van der Waals surface area (Å²) in [5.74, 6) is 2.23. The lowest BCUT2D eigenvalue weighted by molar-refractivity contribution is 0.356. The Morgan fingerprint density at radius 1 is 0.909 bits per heavy atom. The van der Waals surface area contributed by atoms with Gasteiger partial charge in [0.05, 0.1) is 19.7 Å². The van der Waals surface area contributed by atoms with Crippen LogP contribution in [-0.2, 0) is 0 Å². The van der Waals surface area contributed by atoms with E-state index in [1.165, 1.54) is 5.56 Å². The summed E-state index contributed by atoms with van der Waals surface area (Å²) in [6.07, 6.45) is 0. The minimum atomic E-state index is 0.418. The van der Waals surface area contributed by atoms with Crippen molar-refractivity contribution in [2.45, 2.75) is 6.92 Å². The van der Waals surface area contributed by atoms with Crippen LogP contribution in [0, 0.1) is 6.92 Å². The molecule has 0 spiro atoms. The molecule has 0 fully saturated rings. The molecule has 5 heteroatoms. The highest BCUT2D eigenvalue weighted by molar-refractivity contribution is 5.92. The average molecular weight is 295 g/mol. The van der Waals surface area contributed by atoms with Gasteiger partial charge in [0.1, 0.15) is 5.82 Å². The predicted octanol–water partition coefficient (Wildman–Crippen LogP) is 3.20. The third-order valence-electron chi connectivity index (χ3n) is 3.54. The number of aromatic nitrogens is 2. The van der Waals surface area contributed by atoms with E-state index in [2.05, 4.69) is 9.97 Å². The smallest absolute Gasteiger partial charge is 0.162 e. The summed E-state index contributed by atoms with van der Waals surface area (Å²) in [7, 11) is 3.18. The van der Waals surface area contributed by atoms with Crippen LogP contribution in [0.3, 0.4) is 0 Å². The second-order valence-electron chi connectivity index (χ2n) is 5.02. The van der Waals surface area contributed by atoms with Crippen molar-refractivity contribution in [3.63, 3.8) is 0 Å². The fourth-order valence-corrected chi connectivity index (χ4v) is 2.31. The Hall–Kier alpha value is -2.82. The second kappa shape index (κ2) is 5.52. The molecular formula is C17H17N3O2. The Balaban J connectivity index is 2.21. The van der Waals surface area contributed by atoms with Gasteiger partial charge in [-0.25, -0.2) is 9.97 Å². The van der Waals surface area contributed by atoms with E-state index in [0.717, 1.165) is 16.5 Å². The fraction of sp³-hybridized carbons (Fsp3) is 0.176. The molecule has 5 nitrogen and oxygen atoms in total. The van der Waals surface area contributed by atoms with Crippen molar-refractivity contribution in [3.8, 4) is 22.9 Å². The van der Waals surface area contributed by atoms with E-state index in [9.17, 15) is 0 Å². The lowest BCUT2D eigenvalue weighted by atomic mass is 10.1. The molecule has 2 N–H and O–H groups in total. The van der Waals surface area contributed by atoms with Crippen LogP contribution < -0.4 is 15.2 Å². The zero-order valence-corrected chi connectivity index (χ0v) is 12.8. The van der Waals surface area contributed by atoms with Crippen LogP contribution in [-0.4, -0.2) is 24.2 Å². The van der Waals surface area contributed by atoms with E-state index < -0.39 is 0 Å². The van der Waals surface area contributed by atoms with E-state index in [4.69, 9.17) is 15.2 Å². The molecule has 0 saturated carbocycles. The molecule has 22 heavy (non-hydrogen) atoms. The maximum absolute atomic E-state index is 6.09. The van der Waals surface area contributed by atoms with Gasteiger partial charge in [-0.3, -0.25) is 0 Å². The quantitative estimate of drug-likeness (QED) is 0.803. The Bertz CT molecular complexity index is 829. The number of aryl methyl sites for hydroxylation is 1. The molecule has 0 bridgehead atoms. The van der Waals surface area contributed by atoms with Crippen LogP contribution in [0.15, 0.2) is 36.4 Å². The summed E-state index contributed by atoms with van der Waals surface area (Å²) in [4.78, 5) is 9.00. The summed E-state index contributed by atoms with van der Waals surface area (Å²) in [6.45, 7) is 2.04. The molecule has 112 valence electrons. The van der Waals surface area contributed by atoms with E-state index in [1.54, 1.807) is 20.3 Å². The molecule has 2 aromatic carbocycles. The molecule has 0 saturated heterocycles. The first kappa shape index (κ1) is 14.1. The number of ether oxygens (including phenoxy) is 2. The topological polar surface area (TPSA) is 70.3 Å². The predicted molar refractivity (Wildman–Crippen MR) is 87.2 cm³/mol. The van der Waals surface area contributed by atoms with Gasteiger partial charge < -0.3 is 15.2 Å². The van der Waals surface area contributed by atoms with Crippen molar-refractivity contribution in [2.75, 3.05) is 20.0 Å². The molecule has 0 aliphatic heterocycles. The minimum Gasteiger partial charge on any atom is -0.493 e. The van der Waals surface area contributed by atoms with Crippen molar-refractivity contribution in [1.82, 2.24) is 9.97 Å². The maximum Gasteiger partial charge on any atom is 0.162 e. The highest BCUT2D eigenvalue weighted by Gasteiger charge is 2.12. The van der Waals surface area contributed by atoms with Crippen LogP contribution in [0.2, 0.25) is 0 Å². The monoisotopic (exact) mass is 295 g/mol. The third kappa shape index (κ3) is 2.41. The Kier molecular flexibility index (Phi) is 3.55. The first-order valence-electron chi connectivity index (χ1n) is 6.88. The molecule has 0 amide bonds. The van der Waals surface area contributed by atoms with E-state index >= 15 is 0 Å². The molecule has 1 aromatic heterocycles. The average Bonchev–Trinajstić information content (AvgIpc) is 2.54. The molecule has 0 unspecified atom stereocenters. The van der Waals surface area contributed by atoms with E-state index in [0.29, 0.717) is 23.1 Å². The van der Waals surface area contributed by atoms with Crippen LogP contribution >= 0.6 is 0 Å². The number of nitrogens with two attached hydrogens (primary N) is 1. The number of rotatable bonds is 3. The van der Waals surface area contributed by atoms with Gasteiger partial charge in [0.25, 0.3) is 0 Å². The molecule has 0 radical (unpaired) electrons. The Labute approximate surface area is 128 Å². The third-order valence-corrected chi connectivity index (χ3v) is 3.54. The molecule has 3 rings (SSSR count). The van der Waals surface area contributed by atoms with Gasteiger partial charge in [-0.2, -0.15) is 0 Å². The zero-order valence-electron chi connectivity index (χ0n) is 12.8. The molecule has 0 aliphatic carbocycles. The van der Waals surface area contributed by atoms with Crippen molar-refractivity contribution < 1.29 is 9.47 Å². The molecule has 0 atom stereocenters. The van der Waals surface area contributed by atoms with Gasteiger partial charge in [-0.05, 0) is 13.0 Å². The number of anilines is 1. The summed E-state index contributed by atoms with van der Waals surface area (Å²) in [5, 5.41) is 0.744.